The van der Waals surface area contributed by atoms with Gasteiger partial charge in [0, 0.05) is 33.8 Å². The zero-order valence-electron chi connectivity index (χ0n) is 10.6. The number of aromatic nitrogens is 2. The van der Waals surface area contributed by atoms with Crippen LogP contribution in [-0.2, 0) is 4.79 Å². The molecular weight excluding hydrogens is 216 g/mol. The van der Waals surface area contributed by atoms with Gasteiger partial charge in [-0.25, -0.2) is 9.97 Å². The lowest BCUT2D eigenvalue weighted by Gasteiger charge is -2.22. The number of hydrogen-bond acceptors (Lipinski definition) is 4. The maximum absolute atomic E-state index is 11.5. The Morgan fingerprint density at radius 3 is 2.94 bits per heavy atom. The summed E-state index contributed by atoms with van der Waals surface area (Å²) in [6.45, 7) is 2.42. The first kappa shape index (κ1) is 11.8. The molecule has 1 aromatic rings. The van der Waals surface area contributed by atoms with Crippen LogP contribution in [0.3, 0.4) is 0 Å². The fraction of sp³-hybridized carbons (Fsp3) is 0.583. The predicted octanol–water partition coefficient (Wildman–Crippen LogP) is 1.23. The fourth-order valence-electron chi connectivity index (χ4n) is 2.19. The first-order chi connectivity index (χ1) is 8.09. The molecule has 0 bridgehead atoms. The maximum Gasteiger partial charge on any atom is 0.220 e. The Morgan fingerprint density at radius 2 is 2.29 bits per heavy atom. The van der Waals surface area contributed by atoms with Crippen molar-refractivity contribution in [3.8, 4) is 0 Å². The summed E-state index contributed by atoms with van der Waals surface area (Å²) in [6.07, 6.45) is 3.74. The van der Waals surface area contributed by atoms with Gasteiger partial charge >= 0.3 is 0 Å². The Kier molecular flexibility index (Phi) is 3.26. The van der Waals surface area contributed by atoms with Gasteiger partial charge in [-0.1, -0.05) is 0 Å². The highest BCUT2D eigenvalue weighted by Crippen LogP contribution is 2.30. The summed E-state index contributed by atoms with van der Waals surface area (Å²) < 4.78 is 0. The van der Waals surface area contributed by atoms with E-state index in [1.165, 1.54) is 0 Å². The second kappa shape index (κ2) is 4.69. The van der Waals surface area contributed by atoms with Gasteiger partial charge in [-0.05, 0) is 18.9 Å². The number of hydrogen-bond donors (Lipinski definition) is 0. The molecule has 17 heavy (non-hydrogen) atoms. The molecule has 5 nitrogen and oxygen atoms in total. The minimum absolute atomic E-state index is 0.0485. The van der Waals surface area contributed by atoms with Crippen LogP contribution in [0.2, 0.25) is 0 Å². The lowest BCUT2D eigenvalue weighted by molar-refractivity contribution is -0.129. The van der Waals surface area contributed by atoms with E-state index in [1.807, 2.05) is 30.0 Å². The molecule has 1 saturated heterocycles. The van der Waals surface area contributed by atoms with Crippen LogP contribution >= 0.6 is 0 Å². The van der Waals surface area contributed by atoms with Crippen LogP contribution in [0.15, 0.2) is 12.3 Å². The summed E-state index contributed by atoms with van der Waals surface area (Å²) in [4.78, 5) is 24.1. The zero-order valence-corrected chi connectivity index (χ0v) is 10.6. The predicted molar refractivity (Wildman–Crippen MR) is 65.7 cm³/mol. The molecule has 0 saturated carbocycles. The van der Waals surface area contributed by atoms with E-state index in [1.54, 1.807) is 13.1 Å². The fourth-order valence-corrected chi connectivity index (χ4v) is 2.19. The van der Waals surface area contributed by atoms with E-state index in [0.717, 1.165) is 31.0 Å². The van der Waals surface area contributed by atoms with Crippen LogP contribution in [-0.4, -0.2) is 41.4 Å². The van der Waals surface area contributed by atoms with Gasteiger partial charge in [0.25, 0.3) is 0 Å². The Labute approximate surface area is 101 Å². The summed E-state index contributed by atoms with van der Waals surface area (Å²) in [5.41, 5.74) is 0. The van der Waals surface area contributed by atoms with Crippen molar-refractivity contribution >= 4 is 11.7 Å². The molecule has 1 aromatic heterocycles. The van der Waals surface area contributed by atoms with Crippen LogP contribution in [0.4, 0.5) is 5.82 Å². The molecule has 92 valence electrons. The van der Waals surface area contributed by atoms with Crippen LogP contribution in [0.5, 0.6) is 0 Å². The molecule has 2 rings (SSSR count). The van der Waals surface area contributed by atoms with Gasteiger partial charge in [0.05, 0.1) is 6.04 Å². The minimum Gasteiger partial charge on any atom is -0.363 e. The molecule has 1 fully saturated rings. The molecule has 0 radical (unpaired) electrons. The summed E-state index contributed by atoms with van der Waals surface area (Å²) >= 11 is 0. The van der Waals surface area contributed by atoms with Gasteiger partial charge in [0.1, 0.15) is 5.82 Å². The monoisotopic (exact) mass is 234 g/mol. The zero-order chi connectivity index (χ0) is 12.4. The van der Waals surface area contributed by atoms with Crippen molar-refractivity contribution in [1.82, 2.24) is 14.9 Å². The van der Waals surface area contributed by atoms with Crippen LogP contribution in [0.25, 0.3) is 0 Å². The Morgan fingerprint density at radius 1 is 1.53 bits per heavy atom. The molecule has 2 heterocycles. The Balaban J connectivity index is 2.27. The van der Waals surface area contributed by atoms with Crippen LogP contribution in [0.1, 0.15) is 31.6 Å². The van der Waals surface area contributed by atoms with Crippen molar-refractivity contribution in [1.29, 1.82) is 0 Å². The highest BCUT2D eigenvalue weighted by molar-refractivity contribution is 5.74. The number of amides is 1. The number of anilines is 1. The molecule has 1 unspecified atom stereocenters. The lowest BCUT2D eigenvalue weighted by Crippen LogP contribution is -2.29. The molecule has 1 amide bonds. The van der Waals surface area contributed by atoms with Crippen LogP contribution < -0.4 is 4.90 Å². The molecule has 0 spiro atoms. The number of nitrogens with zero attached hydrogens (tertiary/aromatic N) is 4. The van der Waals surface area contributed by atoms with E-state index >= 15 is 0 Å². The minimum atomic E-state index is 0.0485. The Hall–Kier alpha value is -1.65. The molecule has 5 heteroatoms. The normalized spacial score (nSPS) is 19.5. The van der Waals surface area contributed by atoms with Crippen molar-refractivity contribution in [2.45, 2.75) is 25.8 Å². The molecule has 0 aromatic carbocycles. The van der Waals surface area contributed by atoms with E-state index in [0.29, 0.717) is 0 Å². The average Bonchev–Trinajstić information content (AvgIpc) is 2.78. The lowest BCUT2D eigenvalue weighted by atomic mass is 10.2. The van der Waals surface area contributed by atoms with Gasteiger partial charge in [0.15, 0.2) is 5.82 Å². The van der Waals surface area contributed by atoms with Crippen molar-refractivity contribution < 1.29 is 4.79 Å². The third kappa shape index (κ3) is 2.38. The second-order valence-electron chi connectivity index (χ2n) is 4.54. The molecule has 0 N–H and O–H groups in total. The summed E-state index contributed by atoms with van der Waals surface area (Å²) in [6, 6.07) is 1.92. The number of carbonyl (C=O) groups excluding carboxylic acids is 1. The quantitative estimate of drug-likeness (QED) is 0.772. The number of likely N-dealkylation sites (tertiary alicyclic amines) is 1. The SMILES string of the molecule is CC(=O)N1CCCC1c1nccc(N(C)C)n1. The first-order valence-corrected chi connectivity index (χ1v) is 5.87. The molecule has 1 aliphatic heterocycles. The van der Waals surface area contributed by atoms with E-state index in [9.17, 15) is 4.79 Å². The van der Waals surface area contributed by atoms with Gasteiger partial charge in [0.2, 0.25) is 5.91 Å². The van der Waals surface area contributed by atoms with E-state index < -0.39 is 0 Å². The van der Waals surface area contributed by atoms with Gasteiger partial charge in [-0.15, -0.1) is 0 Å². The third-order valence-corrected chi connectivity index (χ3v) is 3.07. The largest absolute Gasteiger partial charge is 0.363 e. The third-order valence-electron chi connectivity index (χ3n) is 3.07. The van der Waals surface area contributed by atoms with Gasteiger partial charge < -0.3 is 9.80 Å². The van der Waals surface area contributed by atoms with Crippen molar-refractivity contribution in [2.75, 3.05) is 25.5 Å². The Bertz CT molecular complexity index is 419. The standard InChI is InChI=1S/C12H18N4O/c1-9(17)16-8-4-5-10(16)12-13-7-6-11(14-12)15(2)3/h6-7,10H,4-5,8H2,1-3H3. The molecule has 1 aliphatic rings. The molecular formula is C12H18N4O. The molecule has 0 aliphatic carbocycles. The van der Waals surface area contributed by atoms with Crippen LogP contribution in [0, 0.1) is 0 Å². The number of carbonyl (C=O) groups is 1. The van der Waals surface area contributed by atoms with Gasteiger partial charge in [-0.2, -0.15) is 0 Å². The summed E-state index contributed by atoms with van der Waals surface area (Å²) in [7, 11) is 3.90. The highest BCUT2D eigenvalue weighted by Gasteiger charge is 2.30. The summed E-state index contributed by atoms with van der Waals surface area (Å²) in [5, 5.41) is 0. The van der Waals surface area contributed by atoms with Gasteiger partial charge in [-0.3, -0.25) is 4.79 Å². The average molecular weight is 234 g/mol. The van der Waals surface area contributed by atoms with E-state index in [4.69, 9.17) is 0 Å². The smallest absolute Gasteiger partial charge is 0.220 e. The first-order valence-electron chi connectivity index (χ1n) is 5.87. The van der Waals surface area contributed by atoms with Crippen molar-refractivity contribution in [2.24, 2.45) is 0 Å². The molecule has 1 atom stereocenters. The maximum atomic E-state index is 11.5. The van der Waals surface area contributed by atoms with E-state index in [2.05, 4.69) is 9.97 Å². The van der Waals surface area contributed by atoms with Crippen molar-refractivity contribution in [3.63, 3.8) is 0 Å². The van der Waals surface area contributed by atoms with Crippen molar-refractivity contribution in [3.05, 3.63) is 18.1 Å². The summed E-state index contributed by atoms with van der Waals surface area (Å²) in [5.74, 6) is 1.74. The highest BCUT2D eigenvalue weighted by atomic mass is 16.2. The second-order valence-corrected chi connectivity index (χ2v) is 4.54. The van der Waals surface area contributed by atoms with E-state index in [-0.39, 0.29) is 11.9 Å². The number of rotatable bonds is 2. The topological polar surface area (TPSA) is 49.3 Å².